The van der Waals surface area contributed by atoms with Gasteiger partial charge in [0.1, 0.15) is 0 Å². The summed E-state index contributed by atoms with van der Waals surface area (Å²) in [6.07, 6.45) is 67.7. The summed E-state index contributed by atoms with van der Waals surface area (Å²) in [6.45, 7) is 11.5. The van der Waals surface area contributed by atoms with E-state index in [2.05, 4.69) is 126 Å². The van der Waals surface area contributed by atoms with E-state index in [-0.39, 0.29) is 0 Å². The Kier molecular flexibility index (Phi) is 36.9. The molecule has 2 aromatic carbocycles. The van der Waals surface area contributed by atoms with Crippen LogP contribution in [0, 0.1) is 11.8 Å². The fraction of sp³-hybridized carbons (Fsp3) is 0.676. The van der Waals surface area contributed by atoms with Gasteiger partial charge in [-0.3, -0.25) is 0 Å². The van der Waals surface area contributed by atoms with Crippen molar-refractivity contribution >= 4 is 11.4 Å². The summed E-state index contributed by atoms with van der Waals surface area (Å²) in [5.41, 5.74) is 20.6. The molecule has 0 N–H and O–H groups in total. The number of nitrogens with zero attached hydrogens (tertiary/aromatic N) is 2. The molecular formula is C68H110N2. The van der Waals surface area contributed by atoms with Crippen molar-refractivity contribution in [3.05, 3.63) is 124 Å². The van der Waals surface area contributed by atoms with E-state index < -0.39 is 0 Å². The number of aryl methyl sites for hydroxylation is 2. The van der Waals surface area contributed by atoms with Crippen molar-refractivity contribution in [1.82, 2.24) is 0 Å². The normalized spacial score (nSPS) is 14.1. The third-order valence-electron chi connectivity index (χ3n) is 15.4. The predicted molar refractivity (Wildman–Crippen MR) is 312 cm³/mol. The van der Waals surface area contributed by atoms with Crippen LogP contribution in [0.1, 0.15) is 294 Å². The number of unbranched alkanes of at least 4 members (excludes halogenated alkanes) is 26. The maximum Gasteiger partial charge on any atom is 0.215 e. The van der Waals surface area contributed by atoms with E-state index in [1.54, 1.807) is 4.70 Å². The van der Waals surface area contributed by atoms with Gasteiger partial charge in [-0.05, 0) is 112 Å². The topological polar surface area (TPSA) is 25.3 Å². The van der Waals surface area contributed by atoms with Gasteiger partial charge >= 0.3 is 0 Å². The molecule has 1 aliphatic rings. The molecule has 0 aromatic heterocycles. The molecule has 0 amide bonds. The molecule has 0 spiro atoms. The zero-order chi connectivity index (χ0) is 50.0. The molecule has 2 nitrogen and oxygen atoms in total. The van der Waals surface area contributed by atoms with Gasteiger partial charge in [-0.2, -0.15) is 0 Å². The van der Waals surface area contributed by atoms with Crippen LogP contribution in [-0.4, -0.2) is 4.70 Å². The van der Waals surface area contributed by atoms with Crippen molar-refractivity contribution in [1.29, 1.82) is 0 Å². The van der Waals surface area contributed by atoms with Crippen LogP contribution in [0.4, 0.5) is 0 Å². The fourth-order valence-corrected chi connectivity index (χ4v) is 10.8. The van der Waals surface area contributed by atoms with Crippen molar-refractivity contribution in [2.45, 2.75) is 285 Å². The van der Waals surface area contributed by atoms with Crippen molar-refractivity contribution in [2.75, 3.05) is 0 Å². The monoisotopic (exact) mass is 955 g/mol. The second kappa shape index (κ2) is 42.3. The van der Waals surface area contributed by atoms with Crippen LogP contribution in [0.25, 0.3) is 16.9 Å². The minimum absolute atomic E-state index is 0.687. The second-order valence-corrected chi connectivity index (χ2v) is 21.7. The van der Waals surface area contributed by atoms with Crippen molar-refractivity contribution in [3.63, 3.8) is 0 Å². The number of allylic oxidation sites excluding steroid dienone is 8. The summed E-state index contributed by atoms with van der Waals surface area (Å²) < 4.78 is 1.58. The van der Waals surface area contributed by atoms with Gasteiger partial charge < -0.3 is 5.53 Å². The van der Waals surface area contributed by atoms with Crippen LogP contribution >= 0.6 is 0 Å². The minimum Gasteiger partial charge on any atom is -0.493 e. The van der Waals surface area contributed by atoms with E-state index in [0.717, 1.165) is 36.2 Å². The summed E-state index contributed by atoms with van der Waals surface area (Å²) in [6, 6.07) is 18.0. The van der Waals surface area contributed by atoms with Gasteiger partial charge in [0.2, 0.25) is 11.4 Å². The Morgan fingerprint density at radius 2 is 0.771 bits per heavy atom. The lowest BCUT2D eigenvalue weighted by molar-refractivity contribution is -0.344. The van der Waals surface area contributed by atoms with Gasteiger partial charge in [0.25, 0.3) is 0 Å². The lowest BCUT2D eigenvalue weighted by atomic mass is 9.89. The van der Waals surface area contributed by atoms with E-state index >= 15 is 0 Å². The molecule has 70 heavy (non-hydrogen) atoms. The summed E-state index contributed by atoms with van der Waals surface area (Å²) in [5.74, 6) is 1.38. The highest BCUT2D eigenvalue weighted by Gasteiger charge is 2.30. The molecular weight excluding hydrogens is 845 g/mol. The highest BCUT2D eigenvalue weighted by molar-refractivity contribution is 5.82. The number of rotatable bonds is 46. The molecule has 0 saturated carbocycles. The van der Waals surface area contributed by atoms with E-state index in [1.807, 2.05) is 0 Å². The fourth-order valence-electron chi connectivity index (χ4n) is 10.8. The van der Waals surface area contributed by atoms with Crippen molar-refractivity contribution in [3.8, 4) is 0 Å². The van der Waals surface area contributed by atoms with Gasteiger partial charge in [0.05, 0.1) is 5.57 Å². The lowest BCUT2D eigenvalue weighted by Gasteiger charge is -2.18. The lowest BCUT2D eigenvalue weighted by Crippen LogP contribution is -2.08. The van der Waals surface area contributed by atoms with Crippen LogP contribution in [0.15, 0.2) is 96.6 Å². The summed E-state index contributed by atoms with van der Waals surface area (Å²) in [4.78, 5) is 0. The van der Waals surface area contributed by atoms with Crippen molar-refractivity contribution < 1.29 is 4.70 Å². The third-order valence-corrected chi connectivity index (χ3v) is 15.4. The molecule has 392 valence electrons. The molecule has 3 rings (SSSR count). The van der Waals surface area contributed by atoms with Crippen LogP contribution in [0.5, 0.6) is 0 Å². The number of hydrogen-bond acceptors (Lipinski definition) is 0. The third kappa shape index (κ3) is 27.0. The SMILES string of the molecule is CCCCCC=CCC(CCCCCC)CCc1ccccc1C1=CC(C=CCCCCCCCCCCCCCCCC)=C(c2ccccc2CCC(CC=CCCCCC)CCCCCC)[N+]1=[N-]. The molecule has 0 radical (unpaired) electrons. The molecule has 1 heterocycles. The Bertz CT molecular complexity index is 1750. The first kappa shape index (κ1) is 61.0. The maximum atomic E-state index is 12.6. The second-order valence-electron chi connectivity index (χ2n) is 21.7. The Hall–Kier alpha value is -3.26. The van der Waals surface area contributed by atoms with E-state index in [0.29, 0.717) is 11.8 Å². The standard InChI is InChI=1S/C68H110N2/c1-6-11-16-21-24-25-26-27-28-29-30-31-32-33-36-41-52-64-59-67(65-53-44-42-50-62(65)57-55-60(46-37-19-14-9-4)48-39-34-22-17-12-7-2)70(69)68(64)66-54-45-43-51-63(66)58-56-61(47-38-20-15-10-5)49-40-35-23-18-13-8-3/h34-35,39-45,50-54,59-61H,6-33,36-38,46-49,55-58H2,1-5H3. The molecule has 1 aliphatic heterocycles. The van der Waals surface area contributed by atoms with Crippen LogP contribution < -0.4 is 0 Å². The smallest absolute Gasteiger partial charge is 0.215 e. The van der Waals surface area contributed by atoms with Gasteiger partial charge in [-0.25, -0.2) is 4.70 Å². The Balaban J connectivity index is 1.80. The van der Waals surface area contributed by atoms with E-state index in [9.17, 15) is 5.53 Å². The van der Waals surface area contributed by atoms with Crippen molar-refractivity contribution in [2.24, 2.45) is 11.8 Å². The summed E-state index contributed by atoms with van der Waals surface area (Å²) in [5, 5.41) is 0. The van der Waals surface area contributed by atoms with Gasteiger partial charge in [0.15, 0.2) is 0 Å². The zero-order valence-corrected chi connectivity index (χ0v) is 46.8. The summed E-state index contributed by atoms with van der Waals surface area (Å²) >= 11 is 0. The van der Waals surface area contributed by atoms with Gasteiger partial charge in [0, 0.05) is 17.2 Å². The Labute approximate surface area is 435 Å². The first-order chi connectivity index (χ1) is 34.6. The minimum atomic E-state index is 0.687. The molecule has 2 aromatic rings. The molecule has 0 aliphatic carbocycles. The largest absolute Gasteiger partial charge is 0.493 e. The van der Waals surface area contributed by atoms with Crippen LogP contribution in [0.2, 0.25) is 0 Å². The number of benzene rings is 2. The average molecular weight is 956 g/mol. The van der Waals surface area contributed by atoms with Crippen LogP contribution in [-0.2, 0) is 12.8 Å². The predicted octanol–water partition coefficient (Wildman–Crippen LogP) is 23.0. The molecule has 0 fully saturated rings. The highest BCUT2D eigenvalue weighted by Crippen LogP contribution is 2.39. The molecule has 0 saturated heterocycles. The highest BCUT2D eigenvalue weighted by atomic mass is 15.2. The maximum absolute atomic E-state index is 12.6. The first-order valence-corrected chi connectivity index (χ1v) is 30.7. The quantitative estimate of drug-likeness (QED) is 0.0359. The molecule has 2 unspecified atom stereocenters. The molecule has 2 heteroatoms. The van der Waals surface area contributed by atoms with Gasteiger partial charge in [-0.15, -0.1) is 0 Å². The van der Waals surface area contributed by atoms with Crippen LogP contribution in [0.3, 0.4) is 0 Å². The molecule has 2 atom stereocenters. The Morgan fingerprint density at radius 3 is 1.26 bits per heavy atom. The van der Waals surface area contributed by atoms with Gasteiger partial charge in [-0.1, -0.05) is 281 Å². The first-order valence-electron chi connectivity index (χ1n) is 30.7. The van der Waals surface area contributed by atoms with E-state index in [1.165, 1.54) is 253 Å². The zero-order valence-electron chi connectivity index (χ0n) is 46.8. The Morgan fingerprint density at radius 1 is 0.400 bits per heavy atom. The molecule has 0 bridgehead atoms. The average Bonchev–Trinajstić information content (AvgIpc) is 3.70. The van der Waals surface area contributed by atoms with E-state index in [4.69, 9.17) is 0 Å². The summed E-state index contributed by atoms with van der Waals surface area (Å²) in [7, 11) is 0. The number of hydrogen-bond donors (Lipinski definition) is 0.